The summed E-state index contributed by atoms with van der Waals surface area (Å²) in [6.45, 7) is 0. The second-order valence-corrected chi connectivity index (χ2v) is 4.34. The number of hydrogen-bond donors (Lipinski definition) is 2. The maximum absolute atomic E-state index is 11.5. The molecule has 0 saturated heterocycles. The summed E-state index contributed by atoms with van der Waals surface area (Å²) in [5.74, 6) is 0.934. The monoisotopic (exact) mass is 219 g/mol. The molecular formula is C10H9N3OS. The van der Waals surface area contributed by atoms with Gasteiger partial charge in [0, 0.05) is 17.9 Å². The van der Waals surface area contributed by atoms with E-state index in [-0.39, 0.29) is 11.8 Å². The van der Waals surface area contributed by atoms with E-state index in [0.29, 0.717) is 6.42 Å². The lowest BCUT2D eigenvalue weighted by molar-refractivity contribution is -0.116. The number of nitrogens with one attached hydrogen (secondary N) is 2. The summed E-state index contributed by atoms with van der Waals surface area (Å²) in [6, 6.07) is 2.06. The number of carbonyl (C=O) groups excluding carboxylic acids is 1. The fraction of sp³-hybridized carbons (Fsp3) is 0.200. The van der Waals surface area contributed by atoms with Gasteiger partial charge in [-0.05, 0) is 22.4 Å². The largest absolute Gasteiger partial charge is 0.311 e. The molecule has 15 heavy (non-hydrogen) atoms. The Balaban J connectivity index is 2.08. The molecule has 0 fully saturated rings. The number of aromatic nitrogens is 2. The molecule has 3 heterocycles. The summed E-state index contributed by atoms with van der Waals surface area (Å²) in [6.07, 6.45) is 2.29. The molecule has 4 nitrogen and oxygen atoms in total. The van der Waals surface area contributed by atoms with Crippen LogP contribution < -0.4 is 5.32 Å². The number of anilines is 1. The minimum Gasteiger partial charge on any atom is -0.311 e. The van der Waals surface area contributed by atoms with E-state index in [1.807, 2.05) is 5.38 Å². The lowest BCUT2D eigenvalue weighted by atomic mass is 9.89. The Kier molecular flexibility index (Phi) is 1.85. The van der Waals surface area contributed by atoms with Crippen LogP contribution in [0.15, 0.2) is 23.0 Å². The Bertz CT molecular complexity index is 489. The molecule has 0 saturated carbocycles. The lowest BCUT2D eigenvalue weighted by Crippen LogP contribution is -2.22. The third-order valence-electron chi connectivity index (χ3n) is 2.64. The van der Waals surface area contributed by atoms with Crippen molar-refractivity contribution in [1.82, 2.24) is 10.2 Å². The van der Waals surface area contributed by atoms with Crippen molar-refractivity contribution in [2.24, 2.45) is 0 Å². The summed E-state index contributed by atoms with van der Waals surface area (Å²) in [4.78, 5) is 11.5. The van der Waals surface area contributed by atoms with Gasteiger partial charge in [-0.2, -0.15) is 16.4 Å². The molecule has 0 bridgehead atoms. The molecule has 0 spiro atoms. The van der Waals surface area contributed by atoms with Crippen molar-refractivity contribution in [2.75, 3.05) is 5.32 Å². The van der Waals surface area contributed by atoms with Crippen molar-refractivity contribution in [3.8, 4) is 0 Å². The Labute approximate surface area is 90.3 Å². The molecular weight excluding hydrogens is 210 g/mol. The van der Waals surface area contributed by atoms with Crippen molar-refractivity contribution >= 4 is 23.1 Å². The summed E-state index contributed by atoms with van der Waals surface area (Å²) in [5, 5.41) is 13.7. The van der Waals surface area contributed by atoms with Crippen LogP contribution in [-0.2, 0) is 4.79 Å². The van der Waals surface area contributed by atoms with Crippen LogP contribution in [0.5, 0.6) is 0 Å². The molecule has 2 aromatic rings. The van der Waals surface area contributed by atoms with Crippen molar-refractivity contribution in [2.45, 2.75) is 12.3 Å². The lowest BCUT2D eigenvalue weighted by Gasteiger charge is -2.20. The predicted molar refractivity (Wildman–Crippen MR) is 58.0 cm³/mol. The van der Waals surface area contributed by atoms with Crippen LogP contribution in [0, 0.1) is 0 Å². The highest BCUT2D eigenvalue weighted by molar-refractivity contribution is 7.08. The number of nitrogens with zero attached hydrogens (tertiary/aromatic N) is 1. The maximum Gasteiger partial charge on any atom is 0.226 e. The van der Waals surface area contributed by atoms with Gasteiger partial charge < -0.3 is 5.32 Å². The van der Waals surface area contributed by atoms with Gasteiger partial charge in [0.25, 0.3) is 0 Å². The van der Waals surface area contributed by atoms with Gasteiger partial charge in [-0.25, -0.2) is 0 Å². The smallest absolute Gasteiger partial charge is 0.226 e. The van der Waals surface area contributed by atoms with Gasteiger partial charge in [0.2, 0.25) is 5.91 Å². The summed E-state index contributed by atoms with van der Waals surface area (Å²) in [7, 11) is 0. The van der Waals surface area contributed by atoms with Crippen molar-refractivity contribution in [3.05, 3.63) is 34.2 Å². The van der Waals surface area contributed by atoms with Crippen molar-refractivity contribution in [1.29, 1.82) is 0 Å². The standard InChI is InChI=1S/C10H9N3OS/c14-9-3-7(6-1-2-15-5-6)8-4-11-13-10(8)12-9/h1-2,4-5,7H,3H2,(H2,11,12,13,14)/t7-/m1/s1. The summed E-state index contributed by atoms with van der Waals surface area (Å²) >= 11 is 1.65. The molecule has 2 N–H and O–H groups in total. The Morgan fingerprint density at radius 3 is 3.27 bits per heavy atom. The number of hydrogen-bond acceptors (Lipinski definition) is 3. The molecule has 0 unspecified atom stereocenters. The highest BCUT2D eigenvalue weighted by Gasteiger charge is 2.27. The number of thiophene rings is 1. The third-order valence-corrected chi connectivity index (χ3v) is 3.35. The highest BCUT2D eigenvalue weighted by atomic mass is 32.1. The van der Waals surface area contributed by atoms with Gasteiger partial charge in [0.15, 0.2) is 0 Å². The molecule has 76 valence electrons. The van der Waals surface area contributed by atoms with Crippen molar-refractivity contribution < 1.29 is 4.79 Å². The number of H-pyrrole nitrogens is 1. The van der Waals surface area contributed by atoms with Crippen LogP contribution in [-0.4, -0.2) is 16.1 Å². The first-order valence-electron chi connectivity index (χ1n) is 4.70. The maximum atomic E-state index is 11.5. The van der Waals surface area contributed by atoms with Gasteiger partial charge in [0.1, 0.15) is 5.82 Å². The van der Waals surface area contributed by atoms with E-state index >= 15 is 0 Å². The highest BCUT2D eigenvalue weighted by Crippen LogP contribution is 2.36. The van der Waals surface area contributed by atoms with Gasteiger partial charge in [-0.1, -0.05) is 0 Å². The number of aromatic amines is 1. The SMILES string of the molecule is O=C1C[C@H](c2ccsc2)c2cn[nH]c2N1. The molecule has 0 radical (unpaired) electrons. The zero-order valence-corrected chi connectivity index (χ0v) is 8.67. The Morgan fingerprint density at radius 2 is 2.47 bits per heavy atom. The van der Waals surface area contributed by atoms with Gasteiger partial charge in [-0.15, -0.1) is 0 Å². The molecule has 1 amide bonds. The predicted octanol–water partition coefficient (Wildman–Crippen LogP) is 1.95. The van der Waals surface area contributed by atoms with Crippen LogP contribution in [0.3, 0.4) is 0 Å². The van der Waals surface area contributed by atoms with E-state index in [2.05, 4.69) is 27.0 Å². The fourth-order valence-corrected chi connectivity index (χ4v) is 2.63. The van der Waals surface area contributed by atoms with E-state index in [1.165, 1.54) is 5.56 Å². The van der Waals surface area contributed by atoms with Crippen LogP contribution in [0.25, 0.3) is 0 Å². The number of rotatable bonds is 1. The first-order valence-corrected chi connectivity index (χ1v) is 5.64. The number of fused-ring (bicyclic) bond motifs is 1. The average Bonchev–Trinajstić information content (AvgIpc) is 2.86. The molecule has 1 aliphatic heterocycles. The minimum atomic E-state index is 0.0444. The summed E-state index contributed by atoms with van der Waals surface area (Å²) in [5.41, 5.74) is 2.27. The number of carbonyl (C=O) groups is 1. The van der Waals surface area contributed by atoms with E-state index in [1.54, 1.807) is 17.5 Å². The fourth-order valence-electron chi connectivity index (χ4n) is 1.92. The second kappa shape index (κ2) is 3.20. The van der Waals surface area contributed by atoms with E-state index < -0.39 is 0 Å². The van der Waals surface area contributed by atoms with Crippen LogP contribution in [0.4, 0.5) is 5.82 Å². The Hall–Kier alpha value is -1.62. The molecule has 0 aliphatic carbocycles. The zero-order valence-electron chi connectivity index (χ0n) is 7.86. The zero-order chi connectivity index (χ0) is 10.3. The summed E-state index contributed by atoms with van der Waals surface area (Å²) < 4.78 is 0. The Morgan fingerprint density at radius 1 is 1.53 bits per heavy atom. The minimum absolute atomic E-state index is 0.0444. The average molecular weight is 219 g/mol. The van der Waals surface area contributed by atoms with Gasteiger partial charge >= 0.3 is 0 Å². The van der Waals surface area contributed by atoms with Gasteiger partial charge in [-0.3, -0.25) is 9.89 Å². The van der Waals surface area contributed by atoms with E-state index in [9.17, 15) is 4.79 Å². The van der Waals surface area contributed by atoms with Crippen LogP contribution in [0.2, 0.25) is 0 Å². The molecule has 1 atom stereocenters. The molecule has 2 aromatic heterocycles. The van der Waals surface area contributed by atoms with Crippen LogP contribution in [0.1, 0.15) is 23.5 Å². The first kappa shape index (κ1) is 8.67. The molecule has 5 heteroatoms. The molecule has 3 rings (SSSR count). The van der Waals surface area contributed by atoms with Gasteiger partial charge in [0.05, 0.1) is 6.20 Å². The second-order valence-electron chi connectivity index (χ2n) is 3.56. The first-order chi connectivity index (χ1) is 7.34. The number of amides is 1. The topological polar surface area (TPSA) is 57.8 Å². The normalized spacial score (nSPS) is 19.7. The van der Waals surface area contributed by atoms with E-state index in [4.69, 9.17) is 0 Å². The third kappa shape index (κ3) is 1.35. The van der Waals surface area contributed by atoms with Crippen molar-refractivity contribution in [3.63, 3.8) is 0 Å². The van der Waals surface area contributed by atoms with E-state index in [0.717, 1.165) is 11.4 Å². The quantitative estimate of drug-likeness (QED) is 0.770. The molecule has 1 aliphatic rings. The molecule has 0 aromatic carbocycles. The van der Waals surface area contributed by atoms with Crippen LogP contribution >= 0.6 is 11.3 Å².